The highest BCUT2D eigenvalue weighted by Gasteiger charge is 2.28. The first-order chi connectivity index (χ1) is 8.50. The van der Waals surface area contributed by atoms with Gasteiger partial charge in [0, 0.05) is 16.6 Å². The Bertz CT molecular complexity index is 407. The first-order valence-electron chi connectivity index (χ1n) is 6.65. The highest BCUT2D eigenvalue weighted by Crippen LogP contribution is 2.37. The van der Waals surface area contributed by atoms with E-state index in [9.17, 15) is 0 Å². The summed E-state index contributed by atoms with van der Waals surface area (Å²) in [6, 6.07) is 6.08. The lowest BCUT2D eigenvalue weighted by atomic mass is 9.76. The Labute approximate surface area is 118 Å². The lowest BCUT2D eigenvalue weighted by molar-refractivity contribution is 0.0979. The van der Waals surface area contributed by atoms with E-state index in [2.05, 4.69) is 29.8 Å². The average Bonchev–Trinajstić information content (AvgIpc) is 2.32. The SMILES string of the molecule is CC1(C)CCC(Oc2cc(Br)ccc2CN)CC1. The Balaban J connectivity index is 2.04. The summed E-state index contributed by atoms with van der Waals surface area (Å²) in [6.07, 6.45) is 5.11. The Hall–Kier alpha value is -0.540. The molecule has 0 heterocycles. The van der Waals surface area contributed by atoms with E-state index in [1.54, 1.807) is 0 Å². The minimum absolute atomic E-state index is 0.345. The summed E-state index contributed by atoms with van der Waals surface area (Å²) in [5, 5.41) is 0. The van der Waals surface area contributed by atoms with Crippen LogP contribution in [0.1, 0.15) is 45.1 Å². The number of rotatable bonds is 3. The molecule has 0 radical (unpaired) electrons. The van der Waals surface area contributed by atoms with Crippen molar-refractivity contribution in [2.75, 3.05) is 0 Å². The maximum absolute atomic E-state index is 6.14. The smallest absolute Gasteiger partial charge is 0.125 e. The summed E-state index contributed by atoms with van der Waals surface area (Å²) < 4.78 is 7.19. The van der Waals surface area contributed by atoms with Crippen molar-refractivity contribution in [3.05, 3.63) is 28.2 Å². The largest absolute Gasteiger partial charge is 0.490 e. The van der Waals surface area contributed by atoms with Crippen LogP contribution in [0.2, 0.25) is 0 Å². The number of hydrogen-bond acceptors (Lipinski definition) is 2. The van der Waals surface area contributed by atoms with Crippen LogP contribution in [-0.2, 0) is 6.54 Å². The van der Waals surface area contributed by atoms with Gasteiger partial charge in [-0.1, -0.05) is 35.8 Å². The van der Waals surface area contributed by atoms with Gasteiger partial charge in [0.25, 0.3) is 0 Å². The van der Waals surface area contributed by atoms with Crippen molar-refractivity contribution in [3.63, 3.8) is 0 Å². The molecule has 2 nitrogen and oxygen atoms in total. The van der Waals surface area contributed by atoms with Gasteiger partial charge < -0.3 is 10.5 Å². The summed E-state index contributed by atoms with van der Waals surface area (Å²) in [6.45, 7) is 5.21. The van der Waals surface area contributed by atoms with Gasteiger partial charge in [0.2, 0.25) is 0 Å². The van der Waals surface area contributed by atoms with Gasteiger partial charge in [0.05, 0.1) is 6.10 Å². The second kappa shape index (κ2) is 5.62. The minimum atomic E-state index is 0.345. The molecule has 0 spiro atoms. The summed E-state index contributed by atoms with van der Waals surface area (Å²) in [5.74, 6) is 0.941. The summed E-state index contributed by atoms with van der Waals surface area (Å²) in [5.41, 5.74) is 7.32. The lowest BCUT2D eigenvalue weighted by Crippen LogP contribution is -2.28. The molecule has 0 unspecified atom stereocenters. The normalized spacial score (nSPS) is 19.8. The van der Waals surface area contributed by atoms with E-state index in [1.165, 1.54) is 12.8 Å². The van der Waals surface area contributed by atoms with E-state index < -0.39 is 0 Å². The van der Waals surface area contributed by atoms with Crippen LogP contribution in [0.5, 0.6) is 5.75 Å². The van der Waals surface area contributed by atoms with Gasteiger partial charge in [-0.25, -0.2) is 0 Å². The Morgan fingerprint density at radius 2 is 2.00 bits per heavy atom. The zero-order valence-corrected chi connectivity index (χ0v) is 12.8. The van der Waals surface area contributed by atoms with Crippen molar-refractivity contribution in [1.82, 2.24) is 0 Å². The number of nitrogens with two attached hydrogens (primary N) is 1. The molecule has 100 valence electrons. The number of ether oxygens (including phenoxy) is 1. The predicted molar refractivity (Wildman–Crippen MR) is 78.7 cm³/mol. The predicted octanol–water partition coefficient (Wildman–Crippen LogP) is 4.26. The molecule has 0 atom stereocenters. The molecule has 1 aromatic rings. The minimum Gasteiger partial charge on any atom is -0.490 e. The highest BCUT2D eigenvalue weighted by molar-refractivity contribution is 9.10. The first kappa shape index (κ1) is 13.9. The third kappa shape index (κ3) is 3.48. The van der Waals surface area contributed by atoms with E-state index >= 15 is 0 Å². The number of benzene rings is 1. The van der Waals surface area contributed by atoms with Crippen molar-refractivity contribution >= 4 is 15.9 Å². The summed E-state index contributed by atoms with van der Waals surface area (Å²) in [7, 11) is 0. The molecule has 0 aliphatic heterocycles. The molecule has 0 bridgehead atoms. The second-order valence-electron chi connectivity index (χ2n) is 5.94. The monoisotopic (exact) mass is 311 g/mol. The fourth-order valence-electron chi connectivity index (χ4n) is 2.48. The zero-order valence-electron chi connectivity index (χ0n) is 11.2. The van der Waals surface area contributed by atoms with Crippen LogP contribution in [0.25, 0.3) is 0 Å². The van der Waals surface area contributed by atoms with Crippen molar-refractivity contribution < 1.29 is 4.74 Å². The van der Waals surface area contributed by atoms with E-state index in [-0.39, 0.29) is 0 Å². The van der Waals surface area contributed by atoms with Crippen molar-refractivity contribution in [2.45, 2.75) is 52.2 Å². The molecule has 1 aliphatic carbocycles. The van der Waals surface area contributed by atoms with Gasteiger partial charge in [0.15, 0.2) is 0 Å². The second-order valence-corrected chi connectivity index (χ2v) is 6.85. The lowest BCUT2D eigenvalue weighted by Gasteiger charge is -2.34. The summed E-state index contributed by atoms with van der Waals surface area (Å²) >= 11 is 3.49. The third-order valence-corrected chi connectivity index (χ3v) is 4.32. The Morgan fingerprint density at radius 1 is 1.33 bits per heavy atom. The van der Waals surface area contributed by atoms with Crippen LogP contribution in [0.4, 0.5) is 0 Å². The Kier molecular flexibility index (Phi) is 4.33. The van der Waals surface area contributed by atoms with Gasteiger partial charge in [-0.05, 0) is 43.2 Å². The van der Waals surface area contributed by atoms with Crippen molar-refractivity contribution in [3.8, 4) is 5.75 Å². The van der Waals surface area contributed by atoms with Gasteiger partial charge in [-0.3, -0.25) is 0 Å². The van der Waals surface area contributed by atoms with E-state index in [0.717, 1.165) is 28.6 Å². The molecule has 0 saturated heterocycles. The van der Waals surface area contributed by atoms with Gasteiger partial charge in [0.1, 0.15) is 5.75 Å². The maximum atomic E-state index is 6.14. The van der Waals surface area contributed by atoms with E-state index in [4.69, 9.17) is 10.5 Å². The van der Waals surface area contributed by atoms with E-state index in [1.807, 2.05) is 18.2 Å². The molecule has 2 rings (SSSR count). The molecule has 1 fully saturated rings. The van der Waals surface area contributed by atoms with Crippen LogP contribution in [-0.4, -0.2) is 6.10 Å². The first-order valence-corrected chi connectivity index (χ1v) is 7.45. The van der Waals surface area contributed by atoms with Crippen LogP contribution >= 0.6 is 15.9 Å². The molecule has 1 aliphatic rings. The molecule has 3 heteroatoms. The maximum Gasteiger partial charge on any atom is 0.125 e. The number of hydrogen-bond donors (Lipinski definition) is 1. The fourth-order valence-corrected chi connectivity index (χ4v) is 2.82. The third-order valence-electron chi connectivity index (χ3n) is 3.83. The molecule has 0 aromatic heterocycles. The fraction of sp³-hybridized carbons (Fsp3) is 0.600. The standard InChI is InChI=1S/C15H22BrNO/c1-15(2)7-5-13(6-8-15)18-14-9-12(16)4-3-11(14)10-17/h3-4,9,13H,5-8,10,17H2,1-2H3. The average molecular weight is 312 g/mol. The molecular formula is C15H22BrNO. The van der Waals surface area contributed by atoms with Crippen LogP contribution in [0.15, 0.2) is 22.7 Å². The van der Waals surface area contributed by atoms with Gasteiger partial charge in [-0.2, -0.15) is 0 Å². The highest BCUT2D eigenvalue weighted by atomic mass is 79.9. The topological polar surface area (TPSA) is 35.2 Å². The molecule has 1 aromatic carbocycles. The van der Waals surface area contributed by atoms with Crippen LogP contribution in [0, 0.1) is 5.41 Å². The summed E-state index contributed by atoms with van der Waals surface area (Å²) in [4.78, 5) is 0. The zero-order chi connectivity index (χ0) is 13.2. The van der Waals surface area contributed by atoms with E-state index in [0.29, 0.717) is 18.1 Å². The molecular weight excluding hydrogens is 290 g/mol. The van der Waals surface area contributed by atoms with Crippen molar-refractivity contribution in [2.24, 2.45) is 11.1 Å². The van der Waals surface area contributed by atoms with Gasteiger partial charge in [-0.15, -0.1) is 0 Å². The molecule has 18 heavy (non-hydrogen) atoms. The van der Waals surface area contributed by atoms with Gasteiger partial charge >= 0.3 is 0 Å². The van der Waals surface area contributed by atoms with Crippen molar-refractivity contribution in [1.29, 1.82) is 0 Å². The van der Waals surface area contributed by atoms with Crippen LogP contribution in [0.3, 0.4) is 0 Å². The molecule has 1 saturated carbocycles. The van der Waals surface area contributed by atoms with Crippen LogP contribution < -0.4 is 10.5 Å². The quantitative estimate of drug-likeness (QED) is 0.905. The Morgan fingerprint density at radius 3 is 2.61 bits per heavy atom. The molecule has 2 N–H and O–H groups in total. The molecule has 0 amide bonds. The number of halogens is 1.